The number of aliphatic hydroxyl groups excluding tert-OH is 1. The fraction of sp³-hybridized carbons (Fsp3) is 0.600. The van der Waals surface area contributed by atoms with Crippen LogP contribution in [0.4, 0.5) is 0 Å². The van der Waals surface area contributed by atoms with Crippen LogP contribution in [0.15, 0.2) is 18.2 Å². The Kier molecular flexibility index (Phi) is 4.04. The second-order valence-electron chi connectivity index (χ2n) is 5.79. The molecule has 1 saturated heterocycles. The van der Waals surface area contributed by atoms with E-state index in [-0.39, 0.29) is 6.10 Å². The Labute approximate surface area is 124 Å². The number of hydrogen-bond acceptors (Lipinski definition) is 2. The van der Waals surface area contributed by atoms with Crippen molar-refractivity contribution in [1.29, 1.82) is 0 Å². The maximum atomic E-state index is 9.86. The van der Waals surface area contributed by atoms with Crippen LogP contribution in [-0.2, 0) is 6.54 Å². The van der Waals surface area contributed by atoms with Crippen LogP contribution in [0.25, 0.3) is 0 Å². The SMILES string of the molecule is O[C@H]1CCN(Cc2ccc(Cl)cc2Cl)[C@@H](C2CC2)C1. The Morgan fingerprint density at radius 3 is 2.68 bits per heavy atom. The van der Waals surface area contributed by atoms with Gasteiger partial charge in [0.15, 0.2) is 0 Å². The van der Waals surface area contributed by atoms with Gasteiger partial charge in [0.05, 0.1) is 6.10 Å². The van der Waals surface area contributed by atoms with Gasteiger partial charge in [0.25, 0.3) is 0 Å². The first-order valence-electron chi connectivity index (χ1n) is 6.99. The van der Waals surface area contributed by atoms with Gasteiger partial charge in [-0.05, 0) is 49.3 Å². The lowest BCUT2D eigenvalue weighted by Crippen LogP contribution is -2.45. The highest BCUT2D eigenvalue weighted by molar-refractivity contribution is 6.35. The summed E-state index contributed by atoms with van der Waals surface area (Å²) in [7, 11) is 0. The number of aliphatic hydroxyl groups is 1. The third kappa shape index (κ3) is 3.25. The normalized spacial score (nSPS) is 28.6. The molecule has 1 heterocycles. The topological polar surface area (TPSA) is 23.5 Å². The van der Waals surface area contributed by atoms with Crippen LogP contribution in [0, 0.1) is 5.92 Å². The van der Waals surface area contributed by atoms with E-state index in [4.69, 9.17) is 23.2 Å². The van der Waals surface area contributed by atoms with E-state index in [9.17, 15) is 5.11 Å². The van der Waals surface area contributed by atoms with E-state index in [1.165, 1.54) is 12.8 Å². The minimum absolute atomic E-state index is 0.123. The van der Waals surface area contributed by atoms with Crippen LogP contribution in [0.1, 0.15) is 31.2 Å². The molecule has 0 spiro atoms. The molecule has 2 fully saturated rings. The van der Waals surface area contributed by atoms with E-state index in [1.807, 2.05) is 18.2 Å². The van der Waals surface area contributed by atoms with Crippen LogP contribution in [0.2, 0.25) is 10.0 Å². The molecular weight excluding hydrogens is 281 g/mol. The molecule has 2 nitrogen and oxygen atoms in total. The Morgan fingerprint density at radius 2 is 2.00 bits per heavy atom. The first-order chi connectivity index (χ1) is 9.13. The Hall–Kier alpha value is -0.280. The third-order valence-electron chi connectivity index (χ3n) is 4.29. The summed E-state index contributed by atoms with van der Waals surface area (Å²) in [4.78, 5) is 2.49. The van der Waals surface area contributed by atoms with Crippen LogP contribution >= 0.6 is 23.2 Å². The second kappa shape index (κ2) is 5.61. The number of halogens is 2. The fourth-order valence-electron chi connectivity index (χ4n) is 3.06. The standard InChI is InChI=1S/C15H19Cl2NO/c16-12-4-3-11(14(17)7-12)9-18-6-5-13(19)8-15(18)10-1-2-10/h3-4,7,10,13,15,19H,1-2,5-6,8-9H2/t13-,15+/m0/s1. The fourth-order valence-corrected chi connectivity index (χ4v) is 3.53. The van der Waals surface area contributed by atoms with Crippen molar-refractivity contribution >= 4 is 23.2 Å². The number of nitrogens with zero attached hydrogens (tertiary/aromatic N) is 1. The van der Waals surface area contributed by atoms with Crippen molar-refractivity contribution in [3.8, 4) is 0 Å². The van der Waals surface area contributed by atoms with Gasteiger partial charge >= 0.3 is 0 Å². The maximum Gasteiger partial charge on any atom is 0.0567 e. The van der Waals surface area contributed by atoms with Gasteiger partial charge in [0, 0.05) is 29.2 Å². The molecule has 2 atom stereocenters. The summed E-state index contributed by atoms with van der Waals surface area (Å²) in [5.41, 5.74) is 1.13. The number of benzene rings is 1. The molecule has 1 aromatic rings. The summed E-state index contributed by atoms with van der Waals surface area (Å²) < 4.78 is 0. The van der Waals surface area contributed by atoms with Crippen LogP contribution in [0.5, 0.6) is 0 Å². The molecule has 1 aliphatic heterocycles. The van der Waals surface area contributed by atoms with Crippen molar-refractivity contribution in [1.82, 2.24) is 4.90 Å². The summed E-state index contributed by atoms with van der Waals surface area (Å²) in [6.45, 7) is 1.82. The molecule has 1 aliphatic carbocycles. The van der Waals surface area contributed by atoms with Crippen molar-refractivity contribution < 1.29 is 5.11 Å². The molecule has 0 bridgehead atoms. The van der Waals surface area contributed by atoms with Gasteiger partial charge in [-0.1, -0.05) is 29.3 Å². The number of rotatable bonds is 3. The molecule has 1 N–H and O–H groups in total. The van der Waals surface area contributed by atoms with E-state index >= 15 is 0 Å². The predicted molar refractivity (Wildman–Crippen MR) is 78.6 cm³/mol. The predicted octanol–water partition coefficient (Wildman–Crippen LogP) is 3.73. The van der Waals surface area contributed by atoms with Gasteiger partial charge in [0.2, 0.25) is 0 Å². The minimum Gasteiger partial charge on any atom is -0.393 e. The zero-order valence-electron chi connectivity index (χ0n) is 10.9. The zero-order valence-corrected chi connectivity index (χ0v) is 12.4. The molecule has 0 radical (unpaired) electrons. The second-order valence-corrected chi connectivity index (χ2v) is 6.63. The lowest BCUT2D eigenvalue weighted by molar-refractivity contribution is 0.0283. The minimum atomic E-state index is -0.123. The van der Waals surface area contributed by atoms with Gasteiger partial charge in [-0.25, -0.2) is 0 Å². The number of piperidine rings is 1. The molecule has 19 heavy (non-hydrogen) atoms. The summed E-state index contributed by atoms with van der Waals surface area (Å²) >= 11 is 12.2. The molecule has 0 amide bonds. The molecule has 2 aliphatic rings. The number of likely N-dealkylation sites (tertiary alicyclic amines) is 1. The van der Waals surface area contributed by atoms with E-state index in [2.05, 4.69) is 4.90 Å². The zero-order chi connectivity index (χ0) is 13.4. The van der Waals surface area contributed by atoms with Crippen molar-refractivity contribution in [3.05, 3.63) is 33.8 Å². The van der Waals surface area contributed by atoms with Crippen molar-refractivity contribution in [2.24, 2.45) is 5.92 Å². The van der Waals surface area contributed by atoms with Crippen LogP contribution < -0.4 is 0 Å². The first kappa shape index (κ1) is 13.7. The third-order valence-corrected chi connectivity index (χ3v) is 4.87. The largest absolute Gasteiger partial charge is 0.393 e. The average Bonchev–Trinajstić information content (AvgIpc) is 3.18. The van der Waals surface area contributed by atoms with Gasteiger partial charge in [-0.3, -0.25) is 4.90 Å². The van der Waals surface area contributed by atoms with Gasteiger partial charge < -0.3 is 5.11 Å². The monoisotopic (exact) mass is 299 g/mol. The van der Waals surface area contributed by atoms with Crippen molar-refractivity contribution in [3.63, 3.8) is 0 Å². The molecule has 4 heteroatoms. The Balaban J connectivity index is 1.73. The molecule has 1 aromatic carbocycles. The summed E-state index contributed by atoms with van der Waals surface area (Å²) in [6.07, 6.45) is 4.27. The molecule has 104 valence electrons. The molecule has 0 unspecified atom stereocenters. The summed E-state index contributed by atoms with van der Waals surface area (Å²) in [5, 5.41) is 11.3. The van der Waals surface area contributed by atoms with Gasteiger partial charge in [-0.15, -0.1) is 0 Å². The smallest absolute Gasteiger partial charge is 0.0567 e. The van der Waals surface area contributed by atoms with Crippen LogP contribution in [-0.4, -0.2) is 28.7 Å². The highest BCUT2D eigenvalue weighted by atomic mass is 35.5. The molecule has 0 aromatic heterocycles. The van der Waals surface area contributed by atoms with Gasteiger partial charge in [-0.2, -0.15) is 0 Å². The lowest BCUT2D eigenvalue weighted by atomic mass is 9.95. The average molecular weight is 300 g/mol. The maximum absolute atomic E-state index is 9.86. The van der Waals surface area contributed by atoms with E-state index < -0.39 is 0 Å². The number of hydrogen-bond donors (Lipinski definition) is 1. The lowest BCUT2D eigenvalue weighted by Gasteiger charge is -2.38. The quantitative estimate of drug-likeness (QED) is 0.919. The Morgan fingerprint density at radius 1 is 1.21 bits per heavy atom. The van der Waals surface area contributed by atoms with Crippen molar-refractivity contribution in [2.75, 3.05) is 6.54 Å². The van der Waals surface area contributed by atoms with E-state index in [0.717, 1.165) is 42.4 Å². The molecular formula is C15H19Cl2NO. The Bertz CT molecular complexity index is 461. The van der Waals surface area contributed by atoms with E-state index in [0.29, 0.717) is 11.1 Å². The van der Waals surface area contributed by atoms with E-state index in [1.54, 1.807) is 0 Å². The van der Waals surface area contributed by atoms with Gasteiger partial charge in [0.1, 0.15) is 0 Å². The van der Waals surface area contributed by atoms with Crippen molar-refractivity contribution in [2.45, 2.75) is 44.4 Å². The molecule has 3 rings (SSSR count). The first-order valence-corrected chi connectivity index (χ1v) is 7.75. The summed E-state index contributed by atoms with van der Waals surface area (Å²) in [6, 6.07) is 6.24. The highest BCUT2D eigenvalue weighted by Gasteiger charge is 2.38. The molecule has 1 saturated carbocycles. The van der Waals surface area contributed by atoms with Crippen LogP contribution in [0.3, 0.4) is 0 Å². The summed E-state index contributed by atoms with van der Waals surface area (Å²) in [5.74, 6) is 0.779. The highest BCUT2D eigenvalue weighted by Crippen LogP contribution is 2.40.